The van der Waals surface area contributed by atoms with Crippen molar-refractivity contribution in [1.29, 1.82) is 0 Å². The number of nitrogens with zero attached hydrogens (tertiary/aromatic N) is 3. The molecule has 0 unspecified atom stereocenters. The zero-order valence-electron chi connectivity index (χ0n) is 14.4. The lowest BCUT2D eigenvalue weighted by Gasteiger charge is -2.06. The Morgan fingerprint density at radius 1 is 1.04 bits per heavy atom. The van der Waals surface area contributed by atoms with Crippen LogP contribution in [0.2, 0.25) is 0 Å². The molecule has 0 amide bonds. The number of hydrogen-bond donors (Lipinski definition) is 1. The summed E-state index contributed by atoms with van der Waals surface area (Å²) in [4.78, 5) is 10.1. The van der Waals surface area contributed by atoms with E-state index in [-0.39, 0.29) is 18.0 Å². The summed E-state index contributed by atoms with van der Waals surface area (Å²) in [7, 11) is -3.53. The third-order valence-corrected chi connectivity index (χ3v) is 5.25. The van der Waals surface area contributed by atoms with Gasteiger partial charge in [0.25, 0.3) is 5.69 Å². The first-order valence-electron chi connectivity index (χ1n) is 8.22. The highest BCUT2D eigenvalue weighted by Crippen LogP contribution is 2.14. The monoisotopic (exact) mass is 386 g/mol. The fourth-order valence-corrected chi connectivity index (χ4v) is 3.69. The Labute approximate surface area is 156 Å². The first-order valence-corrected chi connectivity index (χ1v) is 9.88. The molecule has 0 spiro atoms. The van der Waals surface area contributed by atoms with E-state index < -0.39 is 14.9 Å². The van der Waals surface area contributed by atoms with Crippen LogP contribution in [0.25, 0.3) is 5.69 Å². The van der Waals surface area contributed by atoms with Gasteiger partial charge in [0.05, 0.1) is 22.6 Å². The second kappa shape index (κ2) is 8.11. The molecule has 140 valence electrons. The first kappa shape index (κ1) is 18.7. The standard InChI is InChI=1S/C18H18N4O4S/c23-22(24)18-8-6-15(7-9-18)14-27(25,26)20-11-10-16-12-19-21(13-16)17-4-2-1-3-5-17/h1-9,12-13,20H,10-11,14H2. The van der Waals surface area contributed by atoms with Gasteiger partial charge in [0.2, 0.25) is 10.0 Å². The molecule has 0 atom stereocenters. The van der Waals surface area contributed by atoms with Crippen molar-refractivity contribution in [2.24, 2.45) is 0 Å². The molecule has 0 aliphatic carbocycles. The van der Waals surface area contributed by atoms with Crippen molar-refractivity contribution in [1.82, 2.24) is 14.5 Å². The zero-order chi connectivity index (χ0) is 19.3. The molecule has 0 aliphatic rings. The van der Waals surface area contributed by atoms with Crippen LogP contribution in [0.15, 0.2) is 67.0 Å². The summed E-state index contributed by atoms with van der Waals surface area (Å²) in [6.07, 6.45) is 4.07. The van der Waals surface area contributed by atoms with Crippen molar-refractivity contribution < 1.29 is 13.3 Å². The van der Waals surface area contributed by atoms with Gasteiger partial charge in [-0.25, -0.2) is 17.8 Å². The summed E-state index contributed by atoms with van der Waals surface area (Å²) in [5.41, 5.74) is 2.27. The average molecular weight is 386 g/mol. The molecule has 3 rings (SSSR count). The SMILES string of the molecule is O=[N+]([O-])c1ccc(CS(=O)(=O)NCCc2cnn(-c3ccccc3)c2)cc1. The lowest BCUT2D eigenvalue weighted by molar-refractivity contribution is -0.384. The molecule has 0 saturated heterocycles. The summed E-state index contributed by atoms with van der Waals surface area (Å²) in [5.74, 6) is -0.228. The molecule has 1 aromatic heterocycles. The third kappa shape index (κ3) is 5.22. The predicted octanol–water partition coefficient (Wildman–Crippen LogP) is 2.44. The van der Waals surface area contributed by atoms with E-state index >= 15 is 0 Å². The zero-order valence-corrected chi connectivity index (χ0v) is 15.2. The number of hydrogen-bond acceptors (Lipinski definition) is 5. The fourth-order valence-electron chi connectivity index (χ4n) is 2.55. The Bertz CT molecular complexity index is 1020. The number of nitro groups is 1. The van der Waals surface area contributed by atoms with Gasteiger partial charge in [-0.05, 0) is 29.7 Å². The van der Waals surface area contributed by atoms with E-state index in [4.69, 9.17) is 0 Å². The van der Waals surface area contributed by atoms with Crippen LogP contribution in [0, 0.1) is 10.1 Å². The van der Waals surface area contributed by atoms with E-state index in [0.29, 0.717) is 12.0 Å². The van der Waals surface area contributed by atoms with Crippen LogP contribution in [0.3, 0.4) is 0 Å². The number of aromatic nitrogens is 2. The Kier molecular flexibility index (Phi) is 5.63. The molecule has 0 radical (unpaired) electrons. The van der Waals surface area contributed by atoms with Crippen LogP contribution in [-0.4, -0.2) is 29.7 Å². The molecule has 0 saturated carbocycles. The molecule has 0 fully saturated rings. The summed E-state index contributed by atoms with van der Waals surface area (Å²) in [6.45, 7) is 0.246. The van der Waals surface area contributed by atoms with Gasteiger partial charge in [-0.2, -0.15) is 5.10 Å². The molecule has 2 aromatic carbocycles. The van der Waals surface area contributed by atoms with Gasteiger partial charge in [-0.15, -0.1) is 0 Å². The van der Waals surface area contributed by atoms with Crippen molar-refractivity contribution in [3.05, 3.63) is 88.2 Å². The van der Waals surface area contributed by atoms with Crippen LogP contribution < -0.4 is 4.72 Å². The molecule has 8 nitrogen and oxygen atoms in total. The van der Waals surface area contributed by atoms with E-state index in [1.807, 2.05) is 36.5 Å². The Hall–Kier alpha value is -3.04. The second-order valence-electron chi connectivity index (χ2n) is 5.96. The summed E-state index contributed by atoms with van der Waals surface area (Å²) >= 11 is 0. The first-order chi connectivity index (χ1) is 12.9. The highest BCUT2D eigenvalue weighted by atomic mass is 32.2. The van der Waals surface area contributed by atoms with Crippen LogP contribution in [0.5, 0.6) is 0 Å². The molecule has 1 N–H and O–H groups in total. The van der Waals surface area contributed by atoms with Gasteiger partial charge in [-0.1, -0.05) is 30.3 Å². The Balaban J connectivity index is 1.53. The minimum atomic E-state index is -3.53. The number of nitrogens with one attached hydrogen (secondary N) is 1. The fraction of sp³-hybridized carbons (Fsp3) is 0.167. The Morgan fingerprint density at radius 2 is 1.74 bits per heavy atom. The lowest BCUT2D eigenvalue weighted by atomic mass is 10.2. The van der Waals surface area contributed by atoms with E-state index in [2.05, 4.69) is 9.82 Å². The van der Waals surface area contributed by atoms with E-state index in [0.717, 1.165) is 11.3 Å². The summed E-state index contributed by atoms with van der Waals surface area (Å²) in [5, 5.41) is 14.9. The van der Waals surface area contributed by atoms with Crippen LogP contribution >= 0.6 is 0 Å². The average Bonchev–Trinajstić information content (AvgIpc) is 3.11. The molecule has 27 heavy (non-hydrogen) atoms. The topological polar surface area (TPSA) is 107 Å². The van der Waals surface area contributed by atoms with Crippen molar-refractivity contribution in [2.75, 3.05) is 6.54 Å². The summed E-state index contributed by atoms with van der Waals surface area (Å²) in [6, 6.07) is 15.1. The molecule has 3 aromatic rings. The summed E-state index contributed by atoms with van der Waals surface area (Å²) < 4.78 is 28.6. The van der Waals surface area contributed by atoms with Gasteiger partial charge < -0.3 is 0 Å². The number of non-ortho nitro benzene ring substituents is 1. The highest BCUT2D eigenvalue weighted by Gasteiger charge is 2.13. The van der Waals surface area contributed by atoms with Gasteiger partial charge in [0.15, 0.2) is 0 Å². The largest absolute Gasteiger partial charge is 0.269 e. The molecule has 9 heteroatoms. The van der Waals surface area contributed by atoms with E-state index in [1.54, 1.807) is 10.9 Å². The van der Waals surface area contributed by atoms with Crippen LogP contribution in [0.4, 0.5) is 5.69 Å². The number of sulfonamides is 1. The van der Waals surface area contributed by atoms with Crippen molar-refractivity contribution in [3.8, 4) is 5.69 Å². The second-order valence-corrected chi connectivity index (χ2v) is 7.76. The maximum absolute atomic E-state index is 12.2. The molecular formula is C18H18N4O4S. The van der Waals surface area contributed by atoms with Gasteiger partial charge in [0, 0.05) is 24.9 Å². The quantitative estimate of drug-likeness (QED) is 0.473. The number of rotatable bonds is 8. The van der Waals surface area contributed by atoms with Gasteiger partial charge in [0.1, 0.15) is 0 Å². The number of para-hydroxylation sites is 1. The Morgan fingerprint density at radius 3 is 2.41 bits per heavy atom. The van der Waals surface area contributed by atoms with Crippen LogP contribution in [0.1, 0.15) is 11.1 Å². The van der Waals surface area contributed by atoms with E-state index in [1.165, 1.54) is 24.3 Å². The molecule has 1 heterocycles. The van der Waals surface area contributed by atoms with Gasteiger partial charge in [-0.3, -0.25) is 10.1 Å². The number of nitro benzene ring substituents is 1. The van der Waals surface area contributed by atoms with Crippen molar-refractivity contribution in [3.63, 3.8) is 0 Å². The maximum Gasteiger partial charge on any atom is 0.269 e. The maximum atomic E-state index is 12.2. The minimum Gasteiger partial charge on any atom is -0.258 e. The highest BCUT2D eigenvalue weighted by molar-refractivity contribution is 7.88. The number of benzene rings is 2. The third-order valence-electron chi connectivity index (χ3n) is 3.90. The van der Waals surface area contributed by atoms with Crippen molar-refractivity contribution >= 4 is 15.7 Å². The minimum absolute atomic E-state index is 0.0699. The molecule has 0 aliphatic heterocycles. The van der Waals surface area contributed by atoms with Gasteiger partial charge >= 0.3 is 0 Å². The molecule has 0 bridgehead atoms. The molecular weight excluding hydrogens is 368 g/mol. The predicted molar refractivity (Wildman–Crippen MR) is 101 cm³/mol. The van der Waals surface area contributed by atoms with E-state index in [9.17, 15) is 18.5 Å². The van der Waals surface area contributed by atoms with Crippen molar-refractivity contribution in [2.45, 2.75) is 12.2 Å². The van der Waals surface area contributed by atoms with Crippen LogP contribution in [-0.2, 0) is 22.2 Å². The smallest absolute Gasteiger partial charge is 0.258 e. The lowest BCUT2D eigenvalue weighted by Crippen LogP contribution is -2.27. The normalized spacial score (nSPS) is 11.4.